The van der Waals surface area contributed by atoms with Crippen molar-refractivity contribution in [2.24, 2.45) is 4.99 Å². The van der Waals surface area contributed by atoms with Gasteiger partial charge in [0, 0.05) is 40.8 Å². The number of aromatic hydroxyl groups is 1. The minimum Gasteiger partial charge on any atom is -0.502 e. The molecule has 0 atom stereocenters. The largest absolute Gasteiger partial charge is 0.502 e. The quantitative estimate of drug-likeness (QED) is 0.338. The summed E-state index contributed by atoms with van der Waals surface area (Å²) in [4.78, 5) is 30.4. The van der Waals surface area contributed by atoms with E-state index in [0.29, 0.717) is 23.5 Å². The van der Waals surface area contributed by atoms with Gasteiger partial charge in [-0.25, -0.2) is 9.79 Å². The van der Waals surface area contributed by atoms with Crippen LogP contribution in [-0.4, -0.2) is 47.3 Å². The van der Waals surface area contributed by atoms with Crippen molar-refractivity contribution in [3.05, 3.63) is 48.8 Å². The Morgan fingerprint density at radius 2 is 2.29 bits per heavy atom. The first-order chi connectivity index (χ1) is 13.3. The van der Waals surface area contributed by atoms with E-state index in [1.54, 1.807) is 6.92 Å². The highest BCUT2D eigenvalue weighted by Gasteiger charge is 2.27. The Balaban J connectivity index is 2.05. The van der Waals surface area contributed by atoms with E-state index in [-0.39, 0.29) is 17.2 Å². The SMILES string of the molecule is CCOC(=O)c1c(N=Cc2cc(Cl)cc([N+](=O)[O-])c2O)sc2c1CCN(C)C2. The lowest BCUT2D eigenvalue weighted by Gasteiger charge is -2.22. The van der Waals surface area contributed by atoms with Crippen LogP contribution >= 0.6 is 22.9 Å². The van der Waals surface area contributed by atoms with Crippen molar-refractivity contribution in [2.45, 2.75) is 19.9 Å². The number of hydrogen-bond acceptors (Lipinski definition) is 8. The molecule has 0 unspecified atom stereocenters. The Bertz CT molecular complexity index is 973. The molecule has 1 N–H and O–H groups in total. The molecule has 0 spiro atoms. The lowest BCUT2D eigenvalue weighted by Crippen LogP contribution is -2.26. The molecule has 0 saturated heterocycles. The smallest absolute Gasteiger partial charge is 0.341 e. The van der Waals surface area contributed by atoms with Gasteiger partial charge < -0.3 is 14.7 Å². The number of phenolic OH excluding ortho intramolecular Hbond substituents is 1. The molecule has 28 heavy (non-hydrogen) atoms. The van der Waals surface area contributed by atoms with E-state index in [9.17, 15) is 20.0 Å². The van der Waals surface area contributed by atoms with Crippen molar-refractivity contribution < 1.29 is 19.6 Å². The van der Waals surface area contributed by atoms with Gasteiger partial charge in [0.2, 0.25) is 5.75 Å². The van der Waals surface area contributed by atoms with Crippen LogP contribution in [0.15, 0.2) is 17.1 Å². The Kier molecular flexibility index (Phi) is 5.97. The molecule has 3 rings (SSSR count). The second-order valence-electron chi connectivity index (χ2n) is 6.27. The molecule has 1 aromatic carbocycles. The molecule has 0 aliphatic carbocycles. The summed E-state index contributed by atoms with van der Waals surface area (Å²) in [6.45, 7) is 3.50. The molecule has 0 fully saturated rings. The van der Waals surface area contributed by atoms with Crippen LogP contribution in [-0.2, 0) is 17.7 Å². The molecule has 148 valence electrons. The summed E-state index contributed by atoms with van der Waals surface area (Å²) in [6.07, 6.45) is 1.98. The number of ether oxygens (including phenoxy) is 1. The van der Waals surface area contributed by atoms with Gasteiger partial charge in [0.1, 0.15) is 5.00 Å². The number of nitro groups is 1. The van der Waals surface area contributed by atoms with Crippen molar-refractivity contribution >= 4 is 45.8 Å². The Morgan fingerprint density at radius 1 is 1.54 bits per heavy atom. The van der Waals surface area contributed by atoms with E-state index in [2.05, 4.69) is 9.89 Å². The number of carbonyl (C=O) groups is 1. The van der Waals surface area contributed by atoms with Crippen LogP contribution < -0.4 is 0 Å². The third kappa shape index (κ3) is 4.01. The van der Waals surface area contributed by atoms with Crippen molar-refractivity contribution in [3.63, 3.8) is 0 Å². The average Bonchev–Trinajstić information content (AvgIpc) is 2.99. The van der Waals surface area contributed by atoms with Gasteiger partial charge in [-0.2, -0.15) is 0 Å². The maximum Gasteiger partial charge on any atom is 0.341 e. The van der Waals surface area contributed by atoms with Crippen molar-refractivity contribution in [1.29, 1.82) is 0 Å². The first kappa shape index (κ1) is 20.2. The number of fused-ring (bicyclic) bond motifs is 1. The van der Waals surface area contributed by atoms with Gasteiger partial charge in [0.25, 0.3) is 0 Å². The molecule has 0 amide bonds. The summed E-state index contributed by atoms with van der Waals surface area (Å²) in [5, 5.41) is 21.7. The van der Waals surface area contributed by atoms with Gasteiger partial charge in [0.05, 0.1) is 17.1 Å². The van der Waals surface area contributed by atoms with E-state index in [4.69, 9.17) is 16.3 Å². The summed E-state index contributed by atoms with van der Waals surface area (Å²) in [7, 11) is 2.00. The molecule has 0 radical (unpaired) electrons. The summed E-state index contributed by atoms with van der Waals surface area (Å²) >= 11 is 7.29. The highest BCUT2D eigenvalue weighted by molar-refractivity contribution is 7.16. The van der Waals surface area contributed by atoms with Gasteiger partial charge in [-0.1, -0.05) is 11.6 Å². The van der Waals surface area contributed by atoms with Gasteiger partial charge >= 0.3 is 11.7 Å². The predicted octanol–water partition coefficient (Wildman–Crippen LogP) is 3.93. The maximum absolute atomic E-state index is 12.5. The van der Waals surface area contributed by atoms with Crippen molar-refractivity contribution in [2.75, 3.05) is 20.2 Å². The van der Waals surface area contributed by atoms with Crippen LogP contribution in [0.4, 0.5) is 10.7 Å². The molecule has 1 aromatic heterocycles. The highest BCUT2D eigenvalue weighted by atomic mass is 35.5. The number of halogens is 1. The number of carbonyl (C=O) groups excluding carboxylic acids is 1. The summed E-state index contributed by atoms with van der Waals surface area (Å²) in [5.74, 6) is -0.977. The Labute approximate surface area is 170 Å². The van der Waals surface area contributed by atoms with E-state index < -0.39 is 22.3 Å². The molecular formula is C18H18ClN3O5S. The average molecular weight is 424 g/mol. The zero-order chi connectivity index (χ0) is 20.4. The van der Waals surface area contributed by atoms with Crippen LogP contribution in [0.5, 0.6) is 5.75 Å². The van der Waals surface area contributed by atoms with Crippen molar-refractivity contribution in [3.8, 4) is 5.75 Å². The molecule has 10 heteroatoms. The Morgan fingerprint density at radius 3 is 2.96 bits per heavy atom. The van der Waals surface area contributed by atoms with Crippen LogP contribution in [0.1, 0.15) is 33.3 Å². The summed E-state index contributed by atoms with van der Waals surface area (Å²) in [6, 6.07) is 2.44. The number of phenols is 1. The second kappa shape index (κ2) is 8.26. The number of likely N-dealkylation sites (N-methyl/N-ethyl adjacent to an activating group) is 1. The summed E-state index contributed by atoms with van der Waals surface area (Å²) < 4.78 is 5.19. The standard InChI is InChI=1S/C18H18ClN3O5S/c1-3-27-18(24)15-12-4-5-21(2)9-14(12)28-17(15)20-8-10-6-11(19)7-13(16(10)23)22(25)26/h6-8,23H,3-5,9H2,1-2H3. The van der Waals surface area contributed by atoms with Crippen molar-refractivity contribution in [1.82, 2.24) is 4.90 Å². The van der Waals surface area contributed by atoms with E-state index in [1.807, 2.05) is 7.05 Å². The zero-order valence-corrected chi connectivity index (χ0v) is 16.8. The van der Waals surface area contributed by atoms with E-state index in [1.165, 1.54) is 23.6 Å². The van der Waals surface area contributed by atoms with Crippen LogP contribution in [0.2, 0.25) is 5.02 Å². The molecule has 0 saturated carbocycles. The zero-order valence-electron chi connectivity index (χ0n) is 15.3. The fourth-order valence-electron chi connectivity index (χ4n) is 2.99. The predicted molar refractivity (Wildman–Crippen MR) is 107 cm³/mol. The third-order valence-corrected chi connectivity index (χ3v) is 5.65. The highest BCUT2D eigenvalue weighted by Crippen LogP contribution is 2.40. The number of nitrogens with zero attached hydrogens (tertiary/aromatic N) is 3. The normalized spacial score (nSPS) is 14.2. The third-order valence-electron chi connectivity index (χ3n) is 4.31. The Hall–Kier alpha value is -2.49. The number of nitro benzene ring substituents is 1. The lowest BCUT2D eigenvalue weighted by atomic mass is 10.0. The van der Waals surface area contributed by atoms with Gasteiger partial charge in [0.15, 0.2) is 0 Å². The monoisotopic (exact) mass is 423 g/mol. The number of hydrogen-bond donors (Lipinski definition) is 1. The molecular weight excluding hydrogens is 406 g/mol. The van der Waals surface area contributed by atoms with Gasteiger partial charge in [-0.15, -0.1) is 11.3 Å². The van der Waals surface area contributed by atoms with Gasteiger partial charge in [-0.05, 0) is 32.0 Å². The maximum atomic E-state index is 12.5. The molecule has 8 nitrogen and oxygen atoms in total. The minimum absolute atomic E-state index is 0.0949. The van der Waals surface area contributed by atoms with E-state index >= 15 is 0 Å². The molecule has 0 bridgehead atoms. The fourth-order valence-corrected chi connectivity index (χ4v) is 4.47. The molecule has 1 aliphatic heterocycles. The summed E-state index contributed by atoms with van der Waals surface area (Å²) in [5.41, 5.74) is 0.932. The molecule has 1 aliphatic rings. The number of benzene rings is 1. The van der Waals surface area contributed by atoms with Crippen LogP contribution in [0.25, 0.3) is 0 Å². The second-order valence-corrected chi connectivity index (χ2v) is 7.79. The first-order valence-corrected chi connectivity index (χ1v) is 9.72. The van der Waals surface area contributed by atoms with E-state index in [0.717, 1.165) is 23.1 Å². The van der Waals surface area contributed by atoms with Crippen LogP contribution in [0, 0.1) is 10.1 Å². The molecule has 2 heterocycles. The number of aliphatic imine (C=N–C) groups is 1. The lowest BCUT2D eigenvalue weighted by molar-refractivity contribution is -0.385. The molecule has 2 aromatic rings. The topological polar surface area (TPSA) is 105 Å². The van der Waals surface area contributed by atoms with Gasteiger partial charge in [-0.3, -0.25) is 10.1 Å². The number of esters is 1. The number of thiophene rings is 1. The fraction of sp³-hybridized carbons (Fsp3) is 0.333. The first-order valence-electron chi connectivity index (χ1n) is 8.53. The minimum atomic E-state index is -0.720. The number of rotatable bonds is 5. The van der Waals surface area contributed by atoms with Crippen LogP contribution in [0.3, 0.4) is 0 Å².